The van der Waals surface area contributed by atoms with Gasteiger partial charge in [-0.3, -0.25) is 0 Å². The van der Waals surface area contributed by atoms with Gasteiger partial charge in [-0.25, -0.2) is 5.43 Å². The van der Waals surface area contributed by atoms with Crippen molar-refractivity contribution in [2.24, 2.45) is 5.73 Å². The highest BCUT2D eigenvalue weighted by atomic mass is 15.4. The highest BCUT2D eigenvalue weighted by Crippen LogP contribution is 2.34. The first-order valence-corrected chi connectivity index (χ1v) is 10.9. The Hall–Kier alpha value is -2.24. The van der Waals surface area contributed by atoms with Crippen LogP contribution in [0.2, 0.25) is 0 Å². The SMILES string of the molecule is CC/C=C1\C=C(C)N(CC(N)c2ccc(CC)c(N(C)C3CC3)c2)C(NNC)=C1. The van der Waals surface area contributed by atoms with E-state index in [-0.39, 0.29) is 6.04 Å². The molecule has 1 saturated carbocycles. The number of hydrogen-bond acceptors (Lipinski definition) is 5. The van der Waals surface area contributed by atoms with Gasteiger partial charge in [-0.1, -0.05) is 32.1 Å². The van der Waals surface area contributed by atoms with Crippen LogP contribution in [0.3, 0.4) is 0 Å². The van der Waals surface area contributed by atoms with Gasteiger partial charge in [0.1, 0.15) is 5.82 Å². The molecule has 1 aliphatic heterocycles. The van der Waals surface area contributed by atoms with Gasteiger partial charge in [-0.15, -0.1) is 0 Å². The van der Waals surface area contributed by atoms with Crippen LogP contribution in [-0.4, -0.2) is 31.6 Å². The van der Waals surface area contributed by atoms with Crippen LogP contribution in [0.4, 0.5) is 5.69 Å². The first kappa shape index (κ1) is 21.5. The van der Waals surface area contributed by atoms with E-state index in [0.717, 1.165) is 25.2 Å². The average molecular weight is 396 g/mol. The number of benzene rings is 1. The fourth-order valence-corrected chi connectivity index (χ4v) is 4.01. The molecule has 1 fully saturated rings. The predicted molar refractivity (Wildman–Crippen MR) is 123 cm³/mol. The summed E-state index contributed by atoms with van der Waals surface area (Å²) in [6.45, 7) is 7.25. The summed E-state index contributed by atoms with van der Waals surface area (Å²) in [6.07, 6.45) is 11.3. The van der Waals surface area contributed by atoms with E-state index < -0.39 is 0 Å². The molecule has 1 heterocycles. The van der Waals surface area contributed by atoms with Crippen LogP contribution in [0.5, 0.6) is 0 Å². The van der Waals surface area contributed by atoms with Gasteiger partial charge in [0.25, 0.3) is 0 Å². The van der Waals surface area contributed by atoms with Crippen molar-refractivity contribution in [2.45, 2.75) is 58.5 Å². The van der Waals surface area contributed by atoms with Gasteiger partial charge in [0, 0.05) is 44.1 Å². The second-order valence-corrected chi connectivity index (χ2v) is 8.10. The van der Waals surface area contributed by atoms with Crippen LogP contribution in [0.15, 0.2) is 53.5 Å². The quantitative estimate of drug-likeness (QED) is 0.553. The highest BCUT2D eigenvalue weighted by molar-refractivity contribution is 5.57. The molecule has 2 aliphatic rings. The third-order valence-electron chi connectivity index (χ3n) is 5.86. The third kappa shape index (κ3) is 5.03. The van der Waals surface area contributed by atoms with Crippen LogP contribution in [-0.2, 0) is 6.42 Å². The number of nitrogens with one attached hydrogen (secondary N) is 2. The Morgan fingerprint density at radius 1 is 1.28 bits per heavy atom. The molecule has 5 nitrogen and oxygen atoms in total. The number of nitrogens with two attached hydrogens (primary N) is 1. The van der Waals surface area contributed by atoms with E-state index in [1.807, 2.05) is 7.05 Å². The first-order chi connectivity index (χ1) is 14.0. The minimum Gasteiger partial charge on any atom is -0.371 e. The standard InChI is InChI=1S/C24H37N5/c1-6-8-18-13-17(3)29(24(14-18)27-26-4)16-22(25)20-10-9-19(7-2)23(15-20)28(5)21-11-12-21/h8-10,13-15,21-22,26-27H,6-7,11-12,16,25H2,1-5H3/b18-8+. The molecule has 4 N–H and O–H groups in total. The molecular weight excluding hydrogens is 358 g/mol. The molecular formula is C24H37N5. The number of nitrogens with zero attached hydrogens (tertiary/aromatic N) is 2. The summed E-state index contributed by atoms with van der Waals surface area (Å²) in [4.78, 5) is 4.70. The lowest BCUT2D eigenvalue weighted by atomic mass is 10.00. The van der Waals surface area contributed by atoms with Gasteiger partial charge in [0.2, 0.25) is 0 Å². The van der Waals surface area contributed by atoms with Crippen LogP contribution in [0.25, 0.3) is 0 Å². The number of aryl methyl sites for hydroxylation is 1. The summed E-state index contributed by atoms with van der Waals surface area (Å²) in [5, 5.41) is 0. The average Bonchev–Trinajstić information content (AvgIpc) is 3.55. The number of hydrogen-bond donors (Lipinski definition) is 3. The third-order valence-corrected chi connectivity index (χ3v) is 5.86. The fourth-order valence-electron chi connectivity index (χ4n) is 4.01. The Labute approximate surface area is 176 Å². The van der Waals surface area contributed by atoms with Gasteiger partial charge in [0.15, 0.2) is 0 Å². The van der Waals surface area contributed by atoms with E-state index in [4.69, 9.17) is 5.73 Å². The zero-order valence-corrected chi connectivity index (χ0v) is 18.6. The molecule has 0 saturated heterocycles. The topological polar surface area (TPSA) is 56.6 Å². The van der Waals surface area contributed by atoms with E-state index in [1.165, 1.54) is 40.9 Å². The Morgan fingerprint density at radius 3 is 2.66 bits per heavy atom. The zero-order valence-electron chi connectivity index (χ0n) is 18.6. The molecule has 0 amide bonds. The van der Waals surface area contributed by atoms with Crippen molar-refractivity contribution in [3.05, 3.63) is 64.6 Å². The molecule has 1 aromatic carbocycles. The summed E-state index contributed by atoms with van der Waals surface area (Å²) in [5.41, 5.74) is 19.4. The lowest BCUT2D eigenvalue weighted by Gasteiger charge is -2.34. The molecule has 0 bridgehead atoms. The van der Waals surface area contributed by atoms with E-state index in [1.54, 1.807) is 0 Å². The van der Waals surface area contributed by atoms with Gasteiger partial charge in [-0.05, 0) is 67.5 Å². The number of anilines is 1. The first-order valence-electron chi connectivity index (χ1n) is 10.9. The highest BCUT2D eigenvalue weighted by Gasteiger charge is 2.28. The molecule has 158 valence electrons. The summed E-state index contributed by atoms with van der Waals surface area (Å²) in [7, 11) is 4.11. The molecule has 3 rings (SSSR count). The number of allylic oxidation sites excluding steroid dienone is 5. The van der Waals surface area contributed by atoms with Gasteiger partial charge >= 0.3 is 0 Å². The van der Waals surface area contributed by atoms with Crippen molar-refractivity contribution in [2.75, 3.05) is 25.5 Å². The Bertz CT molecular complexity index is 803. The minimum atomic E-state index is -0.0747. The summed E-state index contributed by atoms with van der Waals surface area (Å²) in [6, 6.07) is 7.38. The van der Waals surface area contributed by atoms with Crippen molar-refractivity contribution in [1.29, 1.82) is 0 Å². The molecule has 0 aromatic heterocycles. The van der Waals surface area contributed by atoms with E-state index >= 15 is 0 Å². The maximum atomic E-state index is 6.71. The largest absolute Gasteiger partial charge is 0.371 e. The summed E-state index contributed by atoms with van der Waals surface area (Å²) < 4.78 is 0. The van der Waals surface area contributed by atoms with Gasteiger partial charge in [0.05, 0.1) is 0 Å². The Morgan fingerprint density at radius 2 is 2.03 bits per heavy atom. The lowest BCUT2D eigenvalue weighted by Crippen LogP contribution is -2.41. The van der Waals surface area contributed by atoms with Crippen molar-refractivity contribution in [3.63, 3.8) is 0 Å². The van der Waals surface area contributed by atoms with Crippen molar-refractivity contribution < 1.29 is 0 Å². The molecule has 0 radical (unpaired) electrons. The predicted octanol–water partition coefficient (Wildman–Crippen LogP) is 3.97. The van der Waals surface area contributed by atoms with Crippen LogP contribution < -0.4 is 21.5 Å². The normalized spacial score (nSPS) is 19.1. The summed E-state index contributed by atoms with van der Waals surface area (Å²) in [5.74, 6) is 1.03. The van der Waals surface area contributed by atoms with Gasteiger partial charge in [-0.2, -0.15) is 0 Å². The Balaban J connectivity index is 1.82. The molecule has 5 heteroatoms. The van der Waals surface area contributed by atoms with Gasteiger partial charge < -0.3 is 21.0 Å². The van der Waals surface area contributed by atoms with Crippen molar-refractivity contribution >= 4 is 5.69 Å². The smallest absolute Gasteiger partial charge is 0.121 e. The monoisotopic (exact) mass is 395 g/mol. The molecule has 1 aromatic rings. The van der Waals surface area contributed by atoms with Crippen molar-refractivity contribution in [1.82, 2.24) is 15.8 Å². The lowest BCUT2D eigenvalue weighted by molar-refractivity contribution is 0.351. The number of hydrazine groups is 1. The fraction of sp³-hybridized carbons (Fsp3) is 0.500. The molecule has 1 unspecified atom stereocenters. The van der Waals surface area contributed by atoms with E-state index in [0.29, 0.717) is 6.04 Å². The number of rotatable bonds is 9. The summed E-state index contributed by atoms with van der Waals surface area (Å²) >= 11 is 0. The minimum absolute atomic E-state index is 0.0747. The van der Waals surface area contributed by atoms with E-state index in [2.05, 4.69) is 84.9 Å². The van der Waals surface area contributed by atoms with Crippen LogP contribution in [0.1, 0.15) is 57.2 Å². The second kappa shape index (κ2) is 9.51. The maximum Gasteiger partial charge on any atom is 0.121 e. The van der Waals surface area contributed by atoms with Crippen LogP contribution in [0, 0.1) is 0 Å². The van der Waals surface area contributed by atoms with E-state index in [9.17, 15) is 0 Å². The Kier molecular flexibility index (Phi) is 7.04. The van der Waals surface area contributed by atoms with Crippen molar-refractivity contribution in [3.8, 4) is 0 Å². The zero-order chi connectivity index (χ0) is 21.0. The second-order valence-electron chi connectivity index (χ2n) is 8.10. The molecule has 0 spiro atoms. The maximum absolute atomic E-state index is 6.71. The van der Waals surface area contributed by atoms with Crippen LogP contribution >= 0.6 is 0 Å². The molecule has 1 aliphatic carbocycles. The molecule has 1 atom stereocenters. The molecule has 29 heavy (non-hydrogen) atoms.